The molecule has 8 nitrogen and oxygen atoms in total. The largest absolute Gasteiger partial charge is 0.468 e. The zero-order valence-corrected chi connectivity index (χ0v) is 19.0. The maximum absolute atomic E-state index is 13.5. The molecule has 1 aliphatic carbocycles. The quantitative estimate of drug-likeness (QED) is 0.519. The fraction of sp³-hybridized carbons (Fsp3) is 0.625. The number of fused-ring (bicyclic) bond motifs is 4. The van der Waals surface area contributed by atoms with Gasteiger partial charge in [0.05, 0.1) is 20.3 Å². The molecular formula is C24H32N2O6. The number of benzene rings is 1. The molecule has 0 unspecified atom stereocenters. The van der Waals surface area contributed by atoms with Crippen molar-refractivity contribution < 1.29 is 28.5 Å². The highest BCUT2D eigenvalue weighted by atomic mass is 16.7. The van der Waals surface area contributed by atoms with E-state index >= 15 is 0 Å². The summed E-state index contributed by atoms with van der Waals surface area (Å²) < 4.78 is 28.6. The maximum Gasteiger partial charge on any atom is 0.319 e. The predicted molar refractivity (Wildman–Crippen MR) is 117 cm³/mol. The summed E-state index contributed by atoms with van der Waals surface area (Å²) in [5, 5.41) is 1.08. The molecule has 6 rings (SSSR count). The van der Waals surface area contributed by atoms with Crippen LogP contribution in [0.15, 0.2) is 30.3 Å². The summed E-state index contributed by atoms with van der Waals surface area (Å²) in [5.74, 6) is -0.943. The molecule has 1 aromatic carbocycles. The summed E-state index contributed by atoms with van der Waals surface area (Å²) in [6.45, 7) is 2.80. The van der Waals surface area contributed by atoms with Gasteiger partial charge in [0.1, 0.15) is 5.41 Å². The first-order chi connectivity index (χ1) is 15.6. The maximum atomic E-state index is 13.5. The zero-order valence-electron chi connectivity index (χ0n) is 19.0. The van der Waals surface area contributed by atoms with Crippen molar-refractivity contribution in [3.05, 3.63) is 36.0 Å². The Morgan fingerprint density at radius 3 is 2.56 bits per heavy atom. The summed E-state index contributed by atoms with van der Waals surface area (Å²) in [4.78, 5) is 19.5. The van der Waals surface area contributed by atoms with E-state index in [1.165, 1.54) is 7.11 Å². The number of aromatic nitrogens is 1. The van der Waals surface area contributed by atoms with Crippen LogP contribution in [0.25, 0.3) is 10.9 Å². The Balaban J connectivity index is 1.56. The first-order valence-electron chi connectivity index (χ1n) is 11.3. The minimum Gasteiger partial charge on any atom is -0.468 e. The molecule has 3 saturated heterocycles. The lowest BCUT2D eigenvalue weighted by Crippen LogP contribution is -2.72. The summed E-state index contributed by atoms with van der Waals surface area (Å²) in [6, 6.07) is 10.0. The van der Waals surface area contributed by atoms with Crippen LogP contribution < -0.4 is 0 Å². The van der Waals surface area contributed by atoms with Gasteiger partial charge in [0.25, 0.3) is 0 Å². The molecule has 3 atom stereocenters. The van der Waals surface area contributed by atoms with Crippen LogP contribution >= 0.6 is 0 Å². The number of methoxy groups -OCH3 is 3. The molecule has 0 spiro atoms. The topological polar surface area (TPSA) is 82.3 Å². The number of aromatic amines is 1. The molecule has 2 aromatic rings. The lowest BCUT2D eigenvalue weighted by Gasteiger charge is -2.61. The van der Waals surface area contributed by atoms with Crippen LogP contribution in [0.2, 0.25) is 0 Å². The molecule has 4 heterocycles. The van der Waals surface area contributed by atoms with E-state index in [2.05, 4.69) is 22.0 Å². The Hall–Kier alpha value is -1.97. The van der Waals surface area contributed by atoms with E-state index in [9.17, 15) is 4.79 Å². The molecule has 1 aromatic heterocycles. The van der Waals surface area contributed by atoms with Gasteiger partial charge >= 0.3 is 5.97 Å². The first-order valence-corrected chi connectivity index (χ1v) is 11.3. The van der Waals surface area contributed by atoms with Crippen molar-refractivity contribution in [2.45, 2.75) is 42.8 Å². The molecule has 0 amide bonds. The molecule has 2 bridgehead atoms. The Morgan fingerprint density at radius 2 is 1.91 bits per heavy atom. The molecule has 3 aliphatic heterocycles. The lowest BCUT2D eigenvalue weighted by molar-refractivity contribution is -0.297. The fourth-order valence-electron chi connectivity index (χ4n) is 6.14. The minimum absolute atomic E-state index is 0.00146. The molecule has 32 heavy (non-hydrogen) atoms. The average Bonchev–Trinajstić information content (AvgIpc) is 3.52. The first kappa shape index (κ1) is 21.9. The van der Waals surface area contributed by atoms with Gasteiger partial charge in [0, 0.05) is 63.3 Å². The molecule has 4 aliphatic rings. The molecular weight excluding hydrogens is 412 g/mol. The van der Waals surface area contributed by atoms with Gasteiger partial charge in [0.2, 0.25) is 0 Å². The smallest absolute Gasteiger partial charge is 0.319 e. The predicted octanol–water partition coefficient (Wildman–Crippen LogP) is 2.42. The standard InChI is InChI=1S/C24H32N2O6/c1-28-22(27)23(19-12-16-6-4-5-7-18(16)25-19)13-17-15-26(9-8-21-31-10-11-32-21)20(23)14-24(17,29-2)30-3/h4-7,12,17,20-21,25H,8-11,13-15H2,1-3H3/t17-,20+,23-/m0/s1. The number of ether oxygens (including phenoxy) is 5. The Bertz CT molecular complexity index is 933. The third-order valence-electron chi connectivity index (χ3n) is 7.73. The second-order valence-electron chi connectivity index (χ2n) is 9.03. The number of nitrogens with one attached hydrogen (secondary N) is 1. The average molecular weight is 445 g/mol. The second-order valence-corrected chi connectivity index (χ2v) is 9.03. The Kier molecular flexibility index (Phi) is 5.75. The zero-order chi connectivity index (χ0) is 22.3. The number of nitrogens with zero attached hydrogens (tertiary/aromatic N) is 1. The van der Waals surface area contributed by atoms with E-state index in [1.54, 1.807) is 14.2 Å². The van der Waals surface area contributed by atoms with Crippen molar-refractivity contribution in [1.82, 2.24) is 9.88 Å². The van der Waals surface area contributed by atoms with E-state index < -0.39 is 11.2 Å². The number of hydrogen-bond donors (Lipinski definition) is 1. The van der Waals surface area contributed by atoms with E-state index in [0.29, 0.717) is 26.1 Å². The summed E-state index contributed by atoms with van der Waals surface area (Å²) in [7, 11) is 4.86. The number of rotatable bonds is 7. The van der Waals surface area contributed by atoms with E-state index in [4.69, 9.17) is 23.7 Å². The van der Waals surface area contributed by atoms with Crippen LogP contribution in [0.1, 0.15) is 25.0 Å². The third-order valence-corrected chi connectivity index (χ3v) is 7.73. The van der Waals surface area contributed by atoms with Crippen LogP contribution in [0.4, 0.5) is 0 Å². The van der Waals surface area contributed by atoms with E-state index in [1.807, 2.05) is 18.2 Å². The molecule has 174 valence electrons. The molecule has 8 heteroatoms. The molecule has 1 N–H and O–H groups in total. The van der Waals surface area contributed by atoms with Crippen LogP contribution in [0, 0.1) is 5.92 Å². The monoisotopic (exact) mass is 444 g/mol. The SMILES string of the molecule is COC(=O)[C@]1(c2cc3ccccc3[nH]2)C[C@H]2CN(CCC3OCCO3)[C@@H]1CC2(OC)OC. The van der Waals surface area contributed by atoms with Gasteiger partial charge in [-0.1, -0.05) is 18.2 Å². The van der Waals surface area contributed by atoms with Gasteiger partial charge in [-0.2, -0.15) is 0 Å². The van der Waals surface area contributed by atoms with Crippen LogP contribution in [0.3, 0.4) is 0 Å². The normalized spacial score (nSPS) is 30.2. The summed E-state index contributed by atoms with van der Waals surface area (Å²) in [5.41, 5.74) is 1.06. The highest BCUT2D eigenvalue weighted by molar-refractivity contribution is 5.88. The number of H-pyrrole nitrogens is 1. The number of para-hydroxylation sites is 1. The van der Waals surface area contributed by atoms with Gasteiger partial charge in [-0.3, -0.25) is 9.69 Å². The summed E-state index contributed by atoms with van der Waals surface area (Å²) in [6.07, 6.45) is 1.72. The van der Waals surface area contributed by atoms with E-state index in [-0.39, 0.29) is 24.2 Å². The summed E-state index contributed by atoms with van der Waals surface area (Å²) >= 11 is 0. The number of esters is 1. The van der Waals surface area contributed by atoms with Crippen molar-refractivity contribution in [2.24, 2.45) is 5.92 Å². The van der Waals surface area contributed by atoms with Crippen molar-refractivity contribution in [3.8, 4) is 0 Å². The highest BCUT2D eigenvalue weighted by Crippen LogP contribution is 2.55. The van der Waals surface area contributed by atoms with Gasteiger partial charge < -0.3 is 28.7 Å². The van der Waals surface area contributed by atoms with Gasteiger partial charge in [0.15, 0.2) is 12.1 Å². The van der Waals surface area contributed by atoms with Crippen LogP contribution in [0.5, 0.6) is 0 Å². The number of hydrogen-bond acceptors (Lipinski definition) is 7. The number of carbonyl (C=O) groups is 1. The Morgan fingerprint density at radius 1 is 1.16 bits per heavy atom. The van der Waals surface area contributed by atoms with Gasteiger partial charge in [-0.25, -0.2) is 0 Å². The fourth-order valence-corrected chi connectivity index (χ4v) is 6.14. The van der Waals surface area contributed by atoms with Crippen molar-refractivity contribution in [2.75, 3.05) is 47.6 Å². The molecule has 0 radical (unpaired) electrons. The van der Waals surface area contributed by atoms with Crippen molar-refractivity contribution in [1.29, 1.82) is 0 Å². The second kappa shape index (κ2) is 8.43. The van der Waals surface area contributed by atoms with Crippen molar-refractivity contribution in [3.63, 3.8) is 0 Å². The van der Waals surface area contributed by atoms with Gasteiger partial charge in [-0.05, 0) is 23.9 Å². The lowest BCUT2D eigenvalue weighted by atomic mass is 9.58. The van der Waals surface area contributed by atoms with Crippen LogP contribution in [-0.2, 0) is 33.9 Å². The Labute approximate surface area is 188 Å². The number of carbonyl (C=O) groups excluding carboxylic acids is 1. The van der Waals surface area contributed by atoms with Gasteiger partial charge in [-0.15, -0.1) is 0 Å². The highest BCUT2D eigenvalue weighted by Gasteiger charge is 2.66. The molecule has 1 saturated carbocycles. The van der Waals surface area contributed by atoms with E-state index in [0.717, 1.165) is 36.1 Å². The number of piperidine rings is 2. The molecule has 4 fully saturated rings. The van der Waals surface area contributed by atoms with Crippen LogP contribution in [-0.4, -0.2) is 81.6 Å². The third kappa shape index (κ3) is 3.28. The minimum atomic E-state index is -0.839. The van der Waals surface area contributed by atoms with Crippen molar-refractivity contribution >= 4 is 16.9 Å².